The molecule has 1 N–H and O–H groups in total. The summed E-state index contributed by atoms with van der Waals surface area (Å²) < 4.78 is -0.959. The number of hydrogen-bond acceptors (Lipinski definition) is 5. The van der Waals surface area contributed by atoms with Crippen molar-refractivity contribution in [2.75, 3.05) is 33.3 Å². The highest BCUT2D eigenvalue weighted by molar-refractivity contribution is 8.02. The fraction of sp³-hybridized carbons (Fsp3) is 0.731. The smallest absolute Gasteiger partial charge is 0.247 e. The third kappa shape index (κ3) is 4.32. The lowest BCUT2D eigenvalue weighted by atomic mass is 9.66. The standard InChI is InChI=1S/C26H41N3O4S/c1-7-14-27(6)22(31)19-20-23(32)29(16-10-9-11-17-30)21(24(33)28(15-8-2)18(3)4)26(20)13-12-25(19,5)34-26/h7-8,18-21,30H,1-2,9-17H2,3-6H3/t19-,20+,21?,25+,26?/m1/s1. The van der Waals surface area contributed by atoms with E-state index in [9.17, 15) is 19.5 Å². The first-order valence-electron chi connectivity index (χ1n) is 12.5. The molecule has 3 aliphatic rings. The Kier molecular flexibility index (Phi) is 8.23. The lowest BCUT2D eigenvalue weighted by Gasteiger charge is -2.38. The maximum atomic E-state index is 14.1. The van der Waals surface area contributed by atoms with Crippen molar-refractivity contribution in [3.05, 3.63) is 25.3 Å². The molecule has 5 atom stereocenters. The number of aliphatic hydroxyl groups is 1. The summed E-state index contributed by atoms with van der Waals surface area (Å²) in [5.74, 6) is -1.09. The van der Waals surface area contributed by atoms with Crippen LogP contribution in [-0.2, 0) is 14.4 Å². The van der Waals surface area contributed by atoms with Gasteiger partial charge in [-0.3, -0.25) is 14.4 Å². The summed E-state index contributed by atoms with van der Waals surface area (Å²) in [7, 11) is 1.76. The van der Waals surface area contributed by atoms with Gasteiger partial charge in [0.2, 0.25) is 17.7 Å². The molecule has 2 unspecified atom stereocenters. The summed E-state index contributed by atoms with van der Waals surface area (Å²) in [6.07, 6.45) is 7.17. The van der Waals surface area contributed by atoms with Crippen LogP contribution in [0.1, 0.15) is 52.9 Å². The second-order valence-electron chi connectivity index (χ2n) is 10.4. The SMILES string of the molecule is C=CCN(C)C(=O)[C@H]1[C@H]2C(=O)N(CCCCCO)C(C(=O)N(CC=C)C(C)C)C23CC[C@]1(C)S3. The zero-order valence-corrected chi connectivity index (χ0v) is 22.0. The quantitative estimate of drug-likeness (QED) is 0.335. The van der Waals surface area contributed by atoms with Gasteiger partial charge in [-0.25, -0.2) is 0 Å². The van der Waals surface area contributed by atoms with E-state index in [1.807, 2.05) is 13.8 Å². The van der Waals surface area contributed by atoms with Crippen LogP contribution in [0.2, 0.25) is 0 Å². The summed E-state index contributed by atoms with van der Waals surface area (Å²) >= 11 is 1.71. The van der Waals surface area contributed by atoms with Crippen molar-refractivity contribution in [2.24, 2.45) is 11.8 Å². The molecule has 34 heavy (non-hydrogen) atoms. The third-order valence-electron chi connectivity index (χ3n) is 7.85. The molecular formula is C26H41N3O4S. The number of hydrogen-bond donors (Lipinski definition) is 1. The number of aliphatic hydroxyl groups excluding tert-OH is 1. The first kappa shape index (κ1) is 26.8. The van der Waals surface area contributed by atoms with E-state index in [0.29, 0.717) is 26.1 Å². The minimum atomic E-state index is -0.594. The van der Waals surface area contributed by atoms with E-state index in [4.69, 9.17) is 0 Å². The number of nitrogens with zero attached hydrogens (tertiary/aromatic N) is 3. The summed E-state index contributed by atoms with van der Waals surface area (Å²) in [5.41, 5.74) is 0. The molecule has 3 fully saturated rings. The highest BCUT2D eigenvalue weighted by Gasteiger charge is 2.77. The van der Waals surface area contributed by atoms with Crippen LogP contribution in [0.5, 0.6) is 0 Å². The highest BCUT2D eigenvalue weighted by atomic mass is 32.2. The second-order valence-corrected chi connectivity index (χ2v) is 12.3. The molecule has 0 radical (unpaired) electrons. The fourth-order valence-electron chi connectivity index (χ4n) is 6.26. The van der Waals surface area contributed by atoms with Crippen molar-refractivity contribution in [1.29, 1.82) is 0 Å². The number of carbonyl (C=O) groups is 3. The molecule has 0 aliphatic carbocycles. The first-order valence-corrected chi connectivity index (χ1v) is 13.3. The van der Waals surface area contributed by atoms with E-state index in [1.165, 1.54) is 0 Å². The average molecular weight is 492 g/mol. The molecule has 190 valence electrons. The topological polar surface area (TPSA) is 81.2 Å². The second kappa shape index (κ2) is 10.4. The van der Waals surface area contributed by atoms with Crippen molar-refractivity contribution in [3.63, 3.8) is 0 Å². The highest BCUT2D eigenvalue weighted by Crippen LogP contribution is 2.71. The van der Waals surface area contributed by atoms with Gasteiger partial charge in [0.25, 0.3) is 0 Å². The van der Waals surface area contributed by atoms with E-state index >= 15 is 0 Å². The predicted octanol–water partition coefficient (Wildman–Crippen LogP) is 2.70. The van der Waals surface area contributed by atoms with Crippen molar-refractivity contribution >= 4 is 29.5 Å². The van der Waals surface area contributed by atoms with Gasteiger partial charge in [-0.05, 0) is 52.9 Å². The van der Waals surface area contributed by atoms with Crippen LogP contribution in [0.3, 0.4) is 0 Å². The molecule has 3 amide bonds. The molecule has 3 rings (SSSR count). The number of likely N-dealkylation sites (tertiary alicyclic amines) is 1. The van der Waals surface area contributed by atoms with Gasteiger partial charge in [-0.15, -0.1) is 24.9 Å². The molecule has 0 aromatic carbocycles. The summed E-state index contributed by atoms with van der Waals surface area (Å²) in [6.45, 7) is 15.1. The van der Waals surface area contributed by atoms with Gasteiger partial charge in [0.05, 0.1) is 16.6 Å². The van der Waals surface area contributed by atoms with Gasteiger partial charge in [-0.2, -0.15) is 0 Å². The first-order chi connectivity index (χ1) is 16.1. The van der Waals surface area contributed by atoms with Gasteiger partial charge < -0.3 is 19.8 Å². The largest absolute Gasteiger partial charge is 0.396 e. The number of fused-ring (bicyclic) bond motifs is 1. The van der Waals surface area contributed by atoms with E-state index in [0.717, 1.165) is 25.7 Å². The summed E-state index contributed by atoms with van der Waals surface area (Å²) in [5, 5.41) is 9.18. The Bertz CT molecular complexity index is 833. The molecule has 3 saturated heterocycles. The Hall–Kier alpha value is -1.80. The van der Waals surface area contributed by atoms with Gasteiger partial charge in [0.15, 0.2) is 0 Å². The van der Waals surface area contributed by atoms with E-state index in [-0.39, 0.29) is 35.1 Å². The normalized spacial score (nSPS) is 31.6. The van der Waals surface area contributed by atoms with Crippen LogP contribution in [0.15, 0.2) is 25.3 Å². The summed E-state index contributed by atoms with van der Waals surface area (Å²) in [6, 6.07) is -0.613. The zero-order valence-electron chi connectivity index (χ0n) is 21.2. The number of rotatable bonds is 12. The average Bonchev–Trinajstić information content (AvgIpc) is 3.35. The van der Waals surface area contributed by atoms with Crippen LogP contribution in [-0.4, -0.2) is 92.4 Å². The molecule has 7 nitrogen and oxygen atoms in total. The lowest BCUT2D eigenvalue weighted by molar-refractivity contribution is -0.145. The van der Waals surface area contributed by atoms with Crippen LogP contribution in [0.4, 0.5) is 0 Å². The monoisotopic (exact) mass is 491 g/mol. The molecule has 0 aromatic heterocycles. The minimum absolute atomic E-state index is 0.0253. The Morgan fingerprint density at radius 2 is 1.85 bits per heavy atom. The lowest BCUT2D eigenvalue weighted by Crippen LogP contribution is -2.56. The van der Waals surface area contributed by atoms with E-state index < -0.39 is 22.6 Å². The Balaban J connectivity index is 2.03. The number of amides is 3. The summed E-state index contributed by atoms with van der Waals surface area (Å²) in [4.78, 5) is 46.9. The molecule has 3 aliphatic heterocycles. The molecular weight excluding hydrogens is 450 g/mol. The maximum Gasteiger partial charge on any atom is 0.247 e. The molecule has 0 saturated carbocycles. The van der Waals surface area contributed by atoms with Crippen LogP contribution in [0.25, 0.3) is 0 Å². The van der Waals surface area contributed by atoms with Gasteiger partial charge in [0.1, 0.15) is 6.04 Å². The van der Waals surface area contributed by atoms with Crippen molar-refractivity contribution in [2.45, 2.75) is 74.5 Å². The van der Waals surface area contributed by atoms with Crippen LogP contribution < -0.4 is 0 Å². The molecule has 0 aromatic rings. The van der Waals surface area contributed by atoms with Crippen molar-refractivity contribution in [1.82, 2.24) is 14.7 Å². The Labute approximate surface area is 208 Å². The van der Waals surface area contributed by atoms with Gasteiger partial charge in [-0.1, -0.05) is 12.2 Å². The van der Waals surface area contributed by atoms with Gasteiger partial charge >= 0.3 is 0 Å². The predicted molar refractivity (Wildman–Crippen MR) is 136 cm³/mol. The van der Waals surface area contributed by atoms with Crippen LogP contribution in [0, 0.1) is 11.8 Å². The number of unbranched alkanes of at least 4 members (excludes halogenated alkanes) is 2. The van der Waals surface area contributed by atoms with E-state index in [1.54, 1.807) is 45.7 Å². The Morgan fingerprint density at radius 1 is 1.18 bits per heavy atom. The Morgan fingerprint density at radius 3 is 2.44 bits per heavy atom. The van der Waals surface area contributed by atoms with E-state index in [2.05, 4.69) is 20.1 Å². The zero-order chi connectivity index (χ0) is 25.3. The van der Waals surface area contributed by atoms with Crippen molar-refractivity contribution < 1.29 is 19.5 Å². The molecule has 1 spiro atoms. The maximum absolute atomic E-state index is 14.1. The fourth-order valence-corrected chi connectivity index (χ4v) is 8.61. The third-order valence-corrected chi connectivity index (χ3v) is 9.83. The minimum Gasteiger partial charge on any atom is -0.396 e. The van der Waals surface area contributed by atoms with Crippen LogP contribution >= 0.6 is 11.8 Å². The molecule has 2 bridgehead atoms. The molecule has 3 heterocycles. The van der Waals surface area contributed by atoms with Gasteiger partial charge in [0, 0.05) is 44.1 Å². The number of carbonyl (C=O) groups excluding carboxylic acids is 3. The number of thioether (sulfide) groups is 1. The number of likely N-dealkylation sites (N-methyl/N-ethyl adjacent to an activating group) is 1. The van der Waals surface area contributed by atoms with Crippen molar-refractivity contribution in [3.8, 4) is 0 Å². The molecule has 8 heteroatoms.